The van der Waals surface area contributed by atoms with Crippen LogP contribution in [0, 0.1) is 0 Å². The van der Waals surface area contributed by atoms with E-state index in [0.29, 0.717) is 23.8 Å². The largest absolute Gasteiger partial charge is 0.493 e. The van der Waals surface area contributed by atoms with Gasteiger partial charge in [-0.05, 0) is 11.6 Å². The van der Waals surface area contributed by atoms with E-state index in [0.717, 1.165) is 5.56 Å². The van der Waals surface area contributed by atoms with Crippen molar-refractivity contribution >= 4 is 17.6 Å². The number of rotatable bonds is 6. The predicted octanol–water partition coefficient (Wildman–Crippen LogP) is 3.67. The summed E-state index contributed by atoms with van der Waals surface area (Å²) in [7, 11) is 1.45. The van der Waals surface area contributed by atoms with Crippen molar-refractivity contribution < 1.29 is 19.4 Å². The molecule has 2 rings (SSSR count). The zero-order chi connectivity index (χ0) is 15.2. The van der Waals surface area contributed by atoms with Crippen LogP contribution in [-0.4, -0.2) is 24.8 Å². The van der Waals surface area contributed by atoms with Crippen LogP contribution in [0.4, 0.5) is 0 Å². The highest BCUT2D eigenvalue weighted by Crippen LogP contribution is 2.34. The number of methoxy groups -OCH3 is 1. The third-order valence-electron chi connectivity index (χ3n) is 2.95. The van der Waals surface area contributed by atoms with Crippen molar-refractivity contribution in [1.29, 1.82) is 0 Å². The standard InChI is InChI=1S/C16H15ClO4/c1-20-14-10-12(17)9-13(16(18)19)15(14)21-8-7-11-5-3-2-4-6-11/h2-6,9-10H,7-8H2,1H3,(H,18,19). The van der Waals surface area contributed by atoms with E-state index >= 15 is 0 Å². The molecule has 110 valence electrons. The Morgan fingerprint density at radius 3 is 2.57 bits per heavy atom. The molecule has 0 atom stereocenters. The third kappa shape index (κ3) is 3.89. The van der Waals surface area contributed by atoms with Gasteiger partial charge in [0, 0.05) is 17.5 Å². The number of ether oxygens (including phenoxy) is 2. The highest BCUT2D eigenvalue weighted by molar-refractivity contribution is 6.31. The average Bonchev–Trinajstić information content (AvgIpc) is 2.49. The van der Waals surface area contributed by atoms with Crippen molar-refractivity contribution in [2.75, 3.05) is 13.7 Å². The van der Waals surface area contributed by atoms with E-state index in [4.69, 9.17) is 21.1 Å². The Balaban J connectivity index is 2.16. The van der Waals surface area contributed by atoms with E-state index < -0.39 is 5.97 Å². The fourth-order valence-electron chi connectivity index (χ4n) is 1.94. The number of hydrogen-bond donors (Lipinski definition) is 1. The monoisotopic (exact) mass is 306 g/mol. The summed E-state index contributed by atoms with van der Waals surface area (Å²) in [6, 6.07) is 12.7. The molecule has 0 unspecified atom stereocenters. The molecule has 21 heavy (non-hydrogen) atoms. The maximum absolute atomic E-state index is 11.3. The normalized spacial score (nSPS) is 10.2. The molecule has 0 aliphatic carbocycles. The van der Waals surface area contributed by atoms with E-state index in [9.17, 15) is 9.90 Å². The summed E-state index contributed by atoms with van der Waals surface area (Å²) in [6.07, 6.45) is 0.672. The van der Waals surface area contributed by atoms with Gasteiger partial charge in [-0.3, -0.25) is 0 Å². The molecule has 2 aromatic carbocycles. The van der Waals surface area contributed by atoms with Crippen molar-refractivity contribution in [1.82, 2.24) is 0 Å². The summed E-state index contributed by atoms with van der Waals surface area (Å²) in [5.41, 5.74) is 1.11. The van der Waals surface area contributed by atoms with Crippen molar-refractivity contribution in [2.45, 2.75) is 6.42 Å². The molecule has 0 radical (unpaired) electrons. The first-order valence-corrected chi connectivity index (χ1v) is 6.77. The molecule has 0 saturated heterocycles. The van der Waals surface area contributed by atoms with Crippen LogP contribution in [0.2, 0.25) is 5.02 Å². The van der Waals surface area contributed by atoms with Crippen LogP contribution in [0.3, 0.4) is 0 Å². The van der Waals surface area contributed by atoms with E-state index in [1.807, 2.05) is 30.3 Å². The Morgan fingerprint density at radius 1 is 1.24 bits per heavy atom. The molecule has 1 N–H and O–H groups in total. The van der Waals surface area contributed by atoms with Gasteiger partial charge >= 0.3 is 5.97 Å². The predicted molar refractivity (Wildman–Crippen MR) is 80.6 cm³/mol. The molecule has 0 aromatic heterocycles. The number of carboxylic acids is 1. The van der Waals surface area contributed by atoms with Gasteiger partial charge in [0.1, 0.15) is 5.56 Å². The number of aromatic carboxylic acids is 1. The summed E-state index contributed by atoms with van der Waals surface area (Å²) in [5.74, 6) is -0.594. The summed E-state index contributed by atoms with van der Waals surface area (Å²) in [6.45, 7) is 0.349. The lowest BCUT2D eigenvalue weighted by atomic mass is 10.1. The lowest BCUT2D eigenvalue weighted by Gasteiger charge is -2.13. The van der Waals surface area contributed by atoms with Gasteiger partial charge in [-0.2, -0.15) is 0 Å². The van der Waals surface area contributed by atoms with Gasteiger partial charge in [-0.15, -0.1) is 0 Å². The minimum absolute atomic E-state index is 0.00703. The van der Waals surface area contributed by atoms with Crippen molar-refractivity contribution in [3.05, 3.63) is 58.6 Å². The smallest absolute Gasteiger partial charge is 0.339 e. The van der Waals surface area contributed by atoms with E-state index in [2.05, 4.69) is 0 Å². The van der Waals surface area contributed by atoms with Gasteiger partial charge < -0.3 is 14.6 Å². The van der Waals surface area contributed by atoms with E-state index in [1.54, 1.807) is 0 Å². The molecule has 0 aliphatic rings. The number of benzene rings is 2. The van der Waals surface area contributed by atoms with Crippen LogP contribution < -0.4 is 9.47 Å². The molecule has 0 fully saturated rings. The molecule has 0 spiro atoms. The highest BCUT2D eigenvalue weighted by Gasteiger charge is 2.18. The van der Waals surface area contributed by atoms with E-state index in [-0.39, 0.29) is 11.3 Å². The summed E-state index contributed by atoms with van der Waals surface area (Å²) < 4.78 is 10.8. The summed E-state index contributed by atoms with van der Waals surface area (Å²) in [4.78, 5) is 11.3. The van der Waals surface area contributed by atoms with Crippen molar-refractivity contribution in [2.24, 2.45) is 0 Å². The molecular weight excluding hydrogens is 292 g/mol. The highest BCUT2D eigenvalue weighted by atomic mass is 35.5. The molecule has 0 amide bonds. The second-order valence-electron chi connectivity index (χ2n) is 4.37. The summed E-state index contributed by atoms with van der Waals surface area (Å²) in [5, 5.41) is 9.52. The quantitative estimate of drug-likeness (QED) is 0.884. The molecule has 2 aromatic rings. The Bertz CT molecular complexity index is 626. The van der Waals surface area contributed by atoms with Crippen molar-refractivity contribution in [3.63, 3.8) is 0 Å². The minimum Gasteiger partial charge on any atom is -0.493 e. The first-order valence-electron chi connectivity index (χ1n) is 6.39. The fraction of sp³-hybridized carbons (Fsp3) is 0.188. The molecule has 0 aliphatic heterocycles. The van der Waals surface area contributed by atoms with Gasteiger partial charge in [-0.25, -0.2) is 4.79 Å². The average molecular weight is 307 g/mol. The Kier molecular flexibility index (Phi) is 5.06. The molecular formula is C16H15ClO4. The van der Waals surface area contributed by atoms with Gasteiger partial charge in [0.15, 0.2) is 11.5 Å². The summed E-state index contributed by atoms with van der Waals surface area (Å²) >= 11 is 5.88. The van der Waals surface area contributed by atoms with Gasteiger partial charge in [-0.1, -0.05) is 41.9 Å². The van der Waals surface area contributed by atoms with Crippen LogP contribution in [0.1, 0.15) is 15.9 Å². The van der Waals surface area contributed by atoms with E-state index in [1.165, 1.54) is 19.2 Å². The number of carboxylic acid groups (broad SMARTS) is 1. The fourth-order valence-corrected chi connectivity index (χ4v) is 2.15. The number of hydrogen-bond acceptors (Lipinski definition) is 3. The van der Waals surface area contributed by atoms with Crippen LogP contribution in [-0.2, 0) is 6.42 Å². The SMILES string of the molecule is COc1cc(Cl)cc(C(=O)O)c1OCCc1ccccc1. The first-order chi connectivity index (χ1) is 10.1. The topological polar surface area (TPSA) is 55.8 Å². The van der Waals surface area contributed by atoms with Crippen LogP contribution >= 0.6 is 11.6 Å². The molecule has 5 heteroatoms. The van der Waals surface area contributed by atoms with Crippen LogP contribution in [0.15, 0.2) is 42.5 Å². The lowest BCUT2D eigenvalue weighted by molar-refractivity contribution is 0.0691. The number of halogens is 1. The van der Waals surface area contributed by atoms with Crippen LogP contribution in [0.25, 0.3) is 0 Å². The Morgan fingerprint density at radius 2 is 1.95 bits per heavy atom. The second-order valence-corrected chi connectivity index (χ2v) is 4.81. The molecule has 4 nitrogen and oxygen atoms in total. The Hall–Kier alpha value is -2.20. The molecule has 0 saturated carbocycles. The second kappa shape index (κ2) is 6.99. The third-order valence-corrected chi connectivity index (χ3v) is 3.17. The lowest BCUT2D eigenvalue weighted by Crippen LogP contribution is -2.08. The molecule has 0 heterocycles. The zero-order valence-corrected chi connectivity index (χ0v) is 12.3. The zero-order valence-electron chi connectivity index (χ0n) is 11.5. The van der Waals surface area contributed by atoms with Gasteiger partial charge in [0.05, 0.1) is 13.7 Å². The van der Waals surface area contributed by atoms with Crippen molar-refractivity contribution in [3.8, 4) is 11.5 Å². The van der Waals surface area contributed by atoms with Gasteiger partial charge in [0.2, 0.25) is 0 Å². The minimum atomic E-state index is -1.11. The Labute approximate surface area is 127 Å². The van der Waals surface area contributed by atoms with Gasteiger partial charge in [0.25, 0.3) is 0 Å². The maximum Gasteiger partial charge on any atom is 0.339 e. The number of carbonyl (C=O) groups is 1. The maximum atomic E-state index is 11.3. The molecule has 0 bridgehead atoms. The van der Waals surface area contributed by atoms with Crippen LogP contribution in [0.5, 0.6) is 11.5 Å². The first kappa shape index (κ1) is 15.2.